The van der Waals surface area contributed by atoms with Gasteiger partial charge in [0.15, 0.2) is 28.9 Å². The average molecular weight is 405 g/mol. The van der Waals surface area contributed by atoms with Gasteiger partial charge in [-0.2, -0.15) is 14.6 Å². The van der Waals surface area contributed by atoms with Crippen LogP contribution in [0.25, 0.3) is 16.9 Å². The number of amides is 1. The maximum Gasteiger partial charge on any atom is 0.282 e. The third-order valence-electron chi connectivity index (χ3n) is 3.74. The lowest BCUT2D eigenvalue weighted by atomic mass is 10.2. The van der Waals surface area contributed by atoms with Crippen molar-refractivity contribution >= 4 is 23.1 Å². The van der Waals surface area contributed by atoms with Crippen molar-refractivity contribution in [2.75, 3.05) is 0 Å². The maximum atomic E-state index is 13.8. The Kier molecular flexibility index (Phi) is 4.43. The Morgan fingerprint density at radius 2 is 1.75 bits per heavy atom. The SMILES string of the molecule is O=C(N=c1snnc2cc(-c3ccccc3)nn12)c1cc(F)c(F)c(F)c1F. The summed E-state index contributed by atoms with van der Waals surface area (Å²) >= 11 is 0.659. The molecule has 0 aliphatic heterocycles. The minimum absolute atomic E-state index is 0.110. The second-order valence-corrected chi connectivity index (χ2v) is 6.20. The van der Waals surface area contributed by atoms with Crippen molar-refractivity contribution in [1.82, 2.24) is 19.2 Å². The molecule has 0 bridgehead atoms. The molecule has 0 N–H and O–H groups in total. The van der Waals surface area contributed by atoms with E-state index in [-0.39, 0.29) is 16.5 Å². The first-order chi connectivity index (χ1) is 13.5. The molecule has 0 aliphatic rings. The number of benzene rings is 2. The van der Waals surface area contributed by atoms with E-state index in [0.717, 1.165) is 5.56 Å². The Labute approximate surface area is 157 Å². The molecule has 140 valence electrons. The number of halogens is 4. The van der Waals surface area contributed by atoms with Gasteiger partial charge in [-0.25, -0.2) is 17.6 Å². The van der Waals surface area contributed by atoms with Gasteiger partial charge in [0.05, 0.1) is 11.3 Å². The topological polar surface area (TPSA) is 72.5 Å². The Morgan fingerprint density at radius 1 is 1.00 bits per heavy atom. The second kappa shape index (κ2) is 6.93. The quantitative estimate of drug-likeness (QED) is 0.292. The number of hydrogen-bond donors (Lipinski definition) is 0. The van der Waals surface area contributed by atoms with Crippen molar-refractivity contribution in [2.45, 2.75) is 0 Å². The van der Waals surface area contributed by atoms with Gasteiger partial charge in [0.2, 0.25) is 4.80 Å². The van der Waals surface area contributed by atoms with Gasteiger partial charge in [-0.1, -0.05) is 34.8 Å². The molecule has 0 fully saturated rings. The zero-order valence-electron chi connectivity index (χ0n) is 13.6. The van der Waals surface area contributed by atoms with Gasteiger partial charge in [-0.05, 0) is 6.07 Å². The van der Waals surface area contributed by atoms with Gasteiger partial charge in [0, 0.05) is 23.2 Å². The first-order valence-corrected chi connectivity index (χ1v) is 8.43. The molecule has 28 heavy (non-hydrogen) atoms. The number of aromatic nitrogens is 4. The summed E-state index contributed by atoms with van der Waals surface area (Å²) in [6.07, 6.45) is 0. The fourth-order valence-electron chi connectivity index (χ4n) is 2.41. The van der Waals surface area contributed by atoms with E-state index >= 15 is 0 Å². The fraction of sp³-hybridized carbons (Fsp3) is 0. The van der Waals surface area contributed by atoms with E-state index in [1.165, 1.54) is 4.52 Å². The Morgan fingerprint density at radius 3 is 2.50 bits per heavy atom. The van der Waals surface area contributed by atoms with Crippen LogP contribution in [-0.4, -0.2) is 25.1 Å². The van der Waals surface area contributed by atoms with Crippen molar-refractivity contribution in [2.24, 2.45) is 4.99 Å². The van der Waals surface area contributed by atoms with Gasteiger partial charge in [-0.3, -0.25) is 4.79 Å². The number of carbonyl (C=O) groups excluding carboxylic acids is 1. The summed E-state index contributed by atoms with van der Waals surface area (Å²) in [7, 11) is 0. The third-order valence-corrected chi connectivity index (χ3v) is 4.33. The molecular weight excluding hydrogens is 398 g/mol. The predicted octanol–water partition coefficient (Wildman–Crippen LogP) is 3.15. The monoisotopic (exact) mass is 405 g/mol. The van der Waals surface area contributed by atoms with E-state index in [2.05, 4.69) is 19.7 Å². The first kappa shape index (κ1) is 17.9. The van der Waals surface area contributed by atoms with E-state index < -0.39 is 34.7 Å². The zero-order chi connectivity index (χ0) is 19.8. The Hall–Kier alpha value is -3.47. The van der Waals surface area contributed by atoms with Crippen molar-refractivity contribution < 1.29 is 22.4 Å². The van der Waals surface area contributed by atoms with E-state index in [9.17, 15) is 22.4 Å². The lowest BCUT2D eigenvalue weighted by Crippen LogP contribution is -2.17. The molecule has 4 aromatic rings. The summed E-state index contributed by atoms with van der Waals surface area (Å²) in [6, 6.07) is 10.9. The molecule has 2 aromatic carbocycles. The summed E-state index contributed by atoms with van der Waals surface area (Å²) in [5.41, 5.74) is 0.483. The molecular formula is C17H7F4N5OS. The van der Waals surface area contributed by atoms with E-state index in [1.807, 2.05) is 18.2 Å². The number of fused-ring (bicyclic) bond motifs is 1. The molecule has 1 amide bonds. The van der Waals surface area contributed by atoms with Gasteiger partial charge >= 0.3 is 0 Å². The van der Waals surface area contributed by atoms with Gasteiger partial charge in [0.1, 0.15) is 0 Å². The van der Waals surface area contributed by atoms with Gasteiger partial charge in [-0.15, -0.1) is 5.10 Å². The van der Waals surface area contributed by atoms with E-state index in [1.54, 1.807) is 18.2 Å². The summed E-state index contributed by atoms with van der Waals surface area (Å²) in [5, 5.41) is 8.16. The standard InChI is InChI=1S/C17H7F4N5OS/c18-10-6-9(13(19)15(21)14(10)20)16(27)22-17-26-12(23-25-28-17)7-11(24-26)8-4-2-1-3-5-8/h1-7H. The summed E-state index contributed by atoms with van der Waals surface area (Å²) in [5.74, 6) is -8.96. The van der Waals surface area contributed by atoms with Crippen molar-refractivity contribution in [3.8, 4) is 11.3 Å². The maximum absolute atomic E-state index is 13.8. The first-order valence-electron chi connectivity index (χ1n) is 7.65. The van der Waals surface area contributed by atoms with Gasteiger partial charge in [0.25, 0.3) is 5.91 Å². The molecule has 0 radical (unpaired) electrons. The smallest absolute Gasteiger partial charge is 0.267 e. The van der Waals surface area contributed by atoms with Crippen molar-refractivity contribution in [3.63, 3.8) is 0 Å². The van der Waals surface area contributed by atoms with Crippen LogP contribution in [0.3, 0.4) is 0 Å². The fourth-order valence-corrected chi connectivity index (χ4v) is 2.95. The minimum Gasteiger partial charge on any atom is -0.267 e. The highest BCUT2D eigenvalue weighted by molar-refractivity contribution is 7.02. The Balaban J connectivity index is 1.84. The molecule has 0 spiro atoms. The lowest BCUT2D eigenvalue weighted by Gasteiger charge is -2.02. The van der Waals surface area contributed by atoms with Crippen LogP contribution in [0.15, 0.2) is 47.5 Å². The van der Waals surface area contributed by atoms with Crippen LogP contribution in [0.2, 0.25) is 0 Å². The Bertz CT molecular complexity index is 1290. The molecule has 2 heterocycles. The third kappa shape index (κ3) is 3.05. The molecule has 0 atom stereocenters. The number of rotatable bonds is 2. The molecule has 0 aliphatic carbocycles. The number of carbonyl (C=O) groups is 1. The summed E-state index contributed by atoms with van der Waals surface area (Å²) in [6.45, 7) is 0. The highest BCUT2D eigenvalue weighted by atomic mass is 32.1. The molecule has 0 unspecified atom stereocenters. The zero-order valence-corrected chi connectivity index (χ0v) is 14.4. The van der Waals surface area contributed by atoms with Crippen LogP contribution in [0, 0.1) is 23.3 Å². The summed E-state index contributed by atoms with van der Waals surface area (Å²) < 4.78 is 58.5. The van der Waals surface area contributed by atoms with Crippen LogP contribution >= 0.6 is 11.5 Å². The second-order valence-electron chi connectivity index (χ2n) is 5.49. The van der Waals surface area contributed by atoms with Crippen LogP contribution in [-0.2, 0) is 0 Å². The molecule has 2 aromatic heterocycles. The van der Waals surface area contributed by atoms with Crippen LogP contribution in [0.4, 0.5) is 17.6 Å². The predicted molar refractivity (Wildman–Crippen MR) is 90.3 cm³/mol. The van der Waals surface area contributed by atoms with E-state index in [4.69, 9.17) is 0 Å². The number of nitrogens with zero attached hydrogens (tertiary/aromatic N) is 5. The number of hydrogen-bond acceptors (Lipinski definition) is 5. The molecule has 4 rings (SSSR count). The van der Waals surface area contributed by atoms with Crippen molar-refractivity contribution in [3.05, 3.63) is 76.1 Å². The minimum atomic E-state index is -2.09. The lowest BCUT2D eigenvalue weighted by molar-refractivity contribution is 0.0992. The van der Waals surface area contributed by atoms with Crippen LogP contribution in [0.5, 0.6) is 0 Å². The normalized spacial score (nSPS) is 11.9. The molecule has 0 saturated heterocycles. The average Bonchev–Trinajstić information content (AvgIpc) is 3.15. The summed E-state index contributed by atoms with van der Waals surface area (Å²) in [4.78, 5) is 15.7. The van der Waals surface area contributed by atoms with Crippen molar-refractivity contribution in [1.29, 1.82) is 0 Å². The van der Waals surface area contributed by atoms with Gasteiger partial charge < -0.3 is 0 Å². The van der Waals surface area contributed by atoms with E-state index in [0.29, 0.717) is 17.2 Å². The van der Waals surface area contributed by atoms with Crippen LogP contribution < -0.4 is 4.80 Å². The largest absolute Gasteiger partial charge is 0.282 e. The molecule has 11 heteroatoms. The highest BCUT2D eigenvalue weighted by Crippen LogP contribution is 2.20. The van der Waals surface area contributed by atoms with Crippen LogP contribution in [0.1, 0.15) is 10.4 Å². The highest BCUT2D eigenvalue weighted by Gasteiger charge is 2.23. The molecule has 6 nitrogen and oxygen atoms in total. The molecule has 0 saturated carbocycles.